The predicted octanol–water partition coefficient (Wildman–Crippen LogP) is 2.52. The Kier molecular flexibility index (Phi) is 4.20. The van der Waals surface area contributed by atoms with E-state index in [0.717, 1.165) is 17.0 Å². The van der Waals surface area contributed by atoms with Crippen molar-refractivity contribution < 1.29 is 8.42 Å². The van der Waals surface area contributed by atoms with E-state index >= 15 is 0 Å². The van der Waals surface area contributed by atoms with Crippen molar-refractivity contribution in [3.05, 3.63) is 59.4 Å². The molecule has 0 fully saturated rings. The van der Waals surface area contributed by atoms with Crippen LogP contribution in [0.1, 0.15) is 17.0 Å². The van der Waals surface area contributed by atoms with E-state index < -0.39 is 10.0 Å². The highest BCUT2D eigenvalue weighted by Crippen LogP contribution is 2.19. The molecular formula is C15H18N2O2S. The highest BCUT2D eigenvalue weighted by atomic mass is 32.2. The Bertz CT molecular complexity index is 711. The molecule has 5 heteroatoms. The number of pyridine rings is 1. The molecule has 4 nitrogen and oxygen atoms in total. The van der Waals surface area contributed by atoms with Crippen molar-refractivity contribution in [1.29, 1.82) is 0 Å². The summed E-state index contributed by atoms with van der Waals surface area (Å²) in [6.45, 7) is 3.95. The Morgan fingerprint density at radius 1 is 1.05 bits per heavy atom. The van der Waals surface area contributed by atoms with Gasteiger partial charge in [-0.05, 0) is 37.6 Å². The van der Waals surface area contributed by atoms with Crippen molar-refractivity contribution in [3.8, 4) is 0 Å². The van der Waals surface area contributed by atoms with Gasteiger partial charge >= 0.3 is 0 Å². The van der Waals surface area contributed by atoms with E-state index in [2.05, 4.69) is 4.98 Å². The van der Waals surface area contributed by atoms with Gasteiger partial charge in [-0.3, -0.25) is 4.98 Å². The zero-order valence-electron chi connectivity index (χ0n) is 11.9. The topological polar surface area (TPSA) is 50.3 Å². The molecule has 1 heterocycles. The summed E-state index contributed by atoms with van der Waals surface area (Å²) in [7, 11) is -1.91. The summed E-state index contributed by atoms with van der Waals surface area (Å²) in [5.41, 5.74) is 2.37. The number of benzene rings is 1. The Labute approximate surface area is 120 Å². The van der Waals surface area contributed by atoms with E-state index in [-0.39, 0.29) is 6.54 Å². The number of sulfonamides is 1. The summed E-state index contributed by atoms with van der Waals surface area (Å²) in [5.74, 6) is 0. The Morgan fingerprint density at radius 3 is 2.40 bits per heavy atom. The molecular weight excluding hydrogens is 272 g/mol. The van der Waals surface area contributed by atoms with E-state index in [1.807, 2.05) is 31.2 Å². The fourth-order valence-corrected chi connectivity index (χ4v) is 3.38. The van der Waals surface area contributed by atoms with Gasteiger partial charge in [0, 0.05) is 12.7 Å². The molecule has 0 N–H and O–H groups in total. The van der Waals surface area contributed by atoms with Crippen LogP contribution in [0.2, 0.25) is 0 Å². The van der Waals surface area contributed by atoms with Gasteiger partial charge in [0.2, 0.25) is 10.0 Å². The van der Waals surface area contributed by atoms with Crippen LogP contribution in [0.25, 0.3) is 0 Å². The fourth-order valence-electron chi connectivity index (χ4n) is 2.01. The molecule has 0 spiro atoms. The molecule has 0 radical (unpaired) electrons. The Hall–Kier alpha value is -1.72. The normalized spacial score (nSPS) is 11.8. The smallest absolute Gasteiger partial charge is 0.243 e. The second kappa shape index (κ2) is 5.73. The van der Waals surface area contributed by atoms with Crippen LogP contribution in [0, 0.1) is 13.8 Å². The molecule has 2 aromatic rings. The van der Waals surface area contributed by atoms with Crippen molar-refractivity contribution in [3.63, 3.8) is 0 Å². The third-order valence-corrected chi connectivity index (χ3v) is 5.08. The summed E-state index contributed by atoms with van der Waals surface area (Å²) < 4.78 is 26.4. The number of aromatic nitrogens is 1. The molecule has 1 aromatic carbocycles. The SMILES string of the molecule is Cc1cccc(CN(C)S(=O)(=O)c2ccccc2C)n1. The van der Waals surface area contributed by atoms with E-state index in [1.54, 1.807) is 32.2 Å². The maximum absolute atomic E-state index is 12.5. The summed E-state index contributed by atoms with van der Waals surface area (Å²) in [6, 6.07) is 12.6. The number of hydrogen-bond acceptors (Lipinski definition) is 3. The molecule has 0 aliphatic rings. The maximum atomic E-state index is 12.5. The second-order valence-electron chi connectivity index (χ2n) is 4.80. The van der Waals surface area contributed by atoms with Crippen LogP contribution >= 0.6 is 0 Å². The van der Waals surface area contributed by atoms with Gasteiger partial charge in [-0.1, -0.05) is 24.3 Å². The van der Waals surface area contributed by atoms with Crippen LogP contribution < -0.4 is 0 Å². The average Bonchev–Trinajstić information content (AvgIpc) is 2.39. The molecule has 0 aliphatic carbocycles. The van der Waals surface area contributed by atoms with Crippen molar-refractivity contribution in [2.24, 2.45) is 0 Å². The van der Waals surface area contributed by atoms with Gasteiger partial charge in [0.05, 0.1) is 17.1 Å². The minimum Gasteiger partial charge on any atom is -0.257 e. The van der Waals surface area contributed by atoms with Gasteiger partial charge in [0.1, 0.15) is 0 Å². The Balaban J connectivity index is 2.29. The van der Waals surface area contributed by atoms with Crippen LogP contribution in [0.15, 0.2) is 47.4 Å². The van der Waals surface area contributed by atoms with Crippen LogP contribution in [0.4, 0.5) is 0 Å². The molecule has 0 amide bonds. The van der Waals surface area contributed by atoms with Crippen molar-refractivity contribution >= 4 is 10.0 Å². The average molecular weight is 290 g/mol. The van der Waals surface area contributed by atoms with E-state index in [9.17, 15) is 8.42 Å². The number of rotatable bonds is 4. The third kappa shape index (κ3) is 3.05. The first-order chi connectivity index (χ1) is 9.41. The first-order valence-corrected chi connectivity index (χ1v) is 7.80. The molecule has 0 atom stereocenters. The van der Waals surface area contributed by atoms with Crippen molar-refractivity contribution in [2.45, 2.75) is 25.3 Å². The zero-order valence-corrected chi connectivity index (χ0v) is 12.7. The highest BCUT2D eigenvalue weighted by Gasteiger charge is 2.22. The second-order valence-corrected chi connectivity index (χ2v) is 6.81. The number of aryl methyl sites for hydroxylation is 2. The standard InChI is InChI=1S/C15H18N2O2S/c1-12-7-4-5-10-15(12)20(18,19)17(3)11-14-9-6-8-13(2)16-14/h4-10H,11H2,1-3H3. The largest absolute Gasteiger partial charge is 0.257 e. The summed E-state index contributed by atoms with van der Waals surface area (Å²) in [4.78, 5) is 4.68. The minimum atomic E-state index is -3.49. The van der Waals surface area contributed by atoms with Gasteiger partial charge in [-0.2, -0.15) is 4.31 Å². The lowest BCUT2D eigenvalue weighted by atomic mass is 10.2. The lowest BCUT2D eigenvalue weighted by molar-refractivity contribution is 0.461. The van der Waals surface area contributed by atoms with Gasteiger partial charge in [0.15, 0.2) is 0 Å². The molecule has 2 rings (SSSR count). The van der Waals surface area contributed by atoms with E-state index in [4.69, 9.17) is 0 Å². The number of hydrogen-bond donors (Lipinski definition) is 0. The van der Waals surface area contributed by atoms with Crippen molar-refractivity contribution in [2.75, 3.05) is 7.05 Å². The molecule has 106 valence electrons. The monoisotopic (exact) mass is 290 g/mol. The van der Waals surface area contributed by atoms with Crippen LogP contribution in [-0.4, -0.2) is 24.8 Å². The molecule has 0 saturated heterocycles. The summed E-state index contributed by atoms with van der Waals surface area (Å²) in [6.07, 6.45) is 0. The van der Waals surface area contributed by atoms with Crippen LogP contribution in [-0.2, 0) is 16.6 Å². The van der Waals surface area contributed by atoms with E-state index in [1.165, 1.54) is 4.31 Å². The molecule has 1 aromatic heterocycles. The molecule has 0 bridgehead atoms. The van der Waals surface area contributed by atoms with Gasteiger partial charge in [-0.15, -0.1) is 0 Å². The van der Waals surface area contributed by atoms with Gasteiger partial charge in [-0.25, -0.2) is 8.42 Å². The first kappa shape index (κ1) is 14.7. The van der Waals surface area contributed by atoms with Crippen LogP contribution in [0.3, 0.4) is 0 Å². The van der Waals surface area contributed by atoms with Gasteiger partial charge in [0.25, 0.3) is 0 Å². The lowest BCUT2D eigenvalue weighted by Gasteiger charge is -2.18. The Morgan fingerprint density at radius 2 is 1.75 bits per heavy atom. The summed E-state index contributed by atoms with van der Waals surface area (Å²) in [5, 5.41) is 0. The van der Waals surface area contributed by atoms with E-state index in [0.29, 0.717) is 4.90 Å². The van der Waals surface area contributed by atoms with Crippen molar-refractivity contribution in [1.82, 2.24) is 9.29 Å². The highest BCUT2D eigenvalue weighted by molar-refractivity contribution is 7.89. The predicted molar refractivity (Wildman–Crippen MR) is 78.8 cm³/mol. The molecule has 0 unspecified atom stereocenters. The van der Waals surface area contributed by atoms with Crippen LogP contribution in [0.5, 0.6) is 0 Å². The fraction of sp³-hybridized carbons (Fsp3) is 0.267. The maximum Gasteiger partial charge on any atom is 0.243 e. The molecule has 20 heavy (non-hydrogen) atoms. The van der Waals surface area contributed by atoms with Gasteiger partial charge < -0.3 is 0 Å². The summed E-state index contributed by atoms with van der Waals surface area (Å²) >= 11 is 0. The zero-order chi connectivity index (χ0) is 14.8. The number of nitrogens with zero attached hydrogens (tertiary/aromatic N) is 2. The molecule has 0 saturated carbocycles. The molecule has 0 aliphatic heterocycles. The lowest BCUT2D eigenvalue weighted by Crippen LogP contribution is -2.27. The minimum absolute atomic E-state index is 0.262. The quantitative estimate of drug-likeness (QED) is 0.869. The first-order valence-electron chi connectivity index (χ1n) is 6.36. The third-order valence-electron chi connectivity index (χ3n) is 3.11.